The molecule has 5 N–H and O–H groups in total. The third-order valence-corrected chi connectivity index (χ3v) is 3.25. The number of phosphoric ester groups is 1. The SMILES string of the molecule is CC1C(O)CC(O)(C(=O)O)OC1COP(=O)(O)O. The molecule has 1 aliphatic rings. The molecule has 9 nitrogen and oxygen atoms in total. The lowest BCUT2D eigenvalue weighted by Crippen LogP contribution is -2.56. The molecule has 1 fully saturated rings. The zero-order chi connectivity index (χ0) is 14.1. The Bertz CT molecular complexity index is 366. The molecule has 18 heavy (non-hydrogen) atoms. The molecule has 0 aliphatic carbocycles. The Hall–Kier alpha value is -0.540. The summed E-state index contributed by atoms with van der Waals surface area (Å²) in [5, 5.41) is 28.0. The molecular weight excluding hydrogens is 271 g/mol. The summed E-state index contributed by atoms with van der Waals surface area (Å²) in [6, 6.07) is 0. The number of carboxylic acids is 1. The van der Waals surface area contributed by atoms with E-state index in [4.69, 9.17) is 19.6 Å². The van der Waals surface area contributed by atoms with Crippen LogP contribution in [0.2, 0.25) is 0 Å². The van der Waals surface area contributed by atoms with Gasteiger partial charge in [0.1, 0.15) is 0 Å². The van der Waals surface area contributed by atoms with E-state index >= 15 is 0 Å². The first-order valence-electron chi connectivity index (χ1n) is 5.07. The van der Waals surface area contributed by atoms with E-state index in [0.29, 0.717) is 0 Å². The molecule has 0 aromatic heterocycles. The predicted molar refractivity (Wildman–Crippen MR) is 55.2 cm³/mol. The average molecular weight is 286 g/mol. The topological polar surface area (TPSA) is 154 Å². The van der Waals surface area contributed by atoms with Gasteiger partial charge in [-0.25, -0.2) is 9.36 Å². The van der Waals surface area contributed by atoms with E-state index in [2.05, 4.69) is 4.52 Å². The predicted octanol–water partition coefficient (Wildman–Crippen LogP) is -1.35. The van der Waals surface area contributed by atoms with Crippen LogP contribution >= 0.6 is 7.82 Å². The van der Waals surface area contributed by atoms with Gasteiger partial charge >= 0.3 is 13.8 Å². The number of aliphatic carboxylic acids is 1. The van der Waals surface area contributed by atoms with Gasteiger partial charge in [-0.05, 0) is 0 Å². The number of aliphatic hydroxyl groups is 2. The fourth-order valence-electron chi connectivity index (χ4n) is 1.62. The number of hydrogen-bond donors (Lipinski definition) is 5. The van der Waals surface area contributed by atoms with Crippen molar-refractivity contribution in [3.8, 4) is 0 Å². The van der Waals surface area contributed by atoms with Crippen molar-refractivity contribution >= 4 is 13.8 Å². The first-order valence-corrected chi connectivity index (χ1v) is 6.60. The first kappa shape index (κ1) is 15.5. The standard InChI is InChI=1S/C8H15O9P/c1-4-5(9)2-8(12,7(10)11)17-6(4)3-16-18(13,14)15/h4-6,9,12H,2-3H2,1H3,(H,10,11)(H2,13,14,15). The number of hydrogen-bond acceptors (Lipinski definition) is 6. The van der Waals surface area contributed by atoms with Crippen LogP contribution in [0.15, 0.2) is 0 Å². The minimum Gasteiger partial charge on any atom is -0.477 e. The average Bonchev–Trinajstić information content (AvgIpc) is 2.20. The Kier molecular flexibility index (Phi) is 4.50. The number of phosphoric acid groups is 1. The zero-order valence-electron chi connectivity index (χ0n) is 9.46. The molecule has 0 bridgehead atoms. The third kappa shape index (κ3) is 3.72. The van der Waals surface area contributed by atoms with Crippen molar-refractivity contribution in [3.63, 3.8) is 0 Å². The summed E-state index contributed by atoms with van der Waals surface area (Å²) >= 11 is 0. The minimum atomic E-state index is -4.73. The van der Waals surface area contributed by atoms with Gasteiger partial charge in [0.25, 0.3) is 5.79 Å². The summed E-state index contributed by atoms with van der Waals surface area (Å²) in [4.78, 5) is 27.9. The molecule has 4 unspecified atom stereocenters. The lowest BCUT2D eigenvalue weighted by molar-refractivity contribution is -0.286. The summed E-state index contributed by atoms with van der Waals surface area (Å²) in [5.74, 6) is -4.92. The zero-order valence-corrected chi connectivity index (χ0v) is 10.4. The highest BCUT2D eigenvalue weighted by molar-refractivity contribution is 7.46. The largest absolute Gasteiger partial charge is 0.477 e. The quantitative estimate of drug-likeness (QED) is 0.395. The molecule has 0 spiro atoms. The monoisotopic (exact) mass is 286 g/mol. The van der Waals surface area contributed by atoms with Crippen LogP contribution in [0, 0.1) is 5.92 Å². The number of carbonyl (C=O) groups is 1. The highest BCUT2D eigenvalue weighted by Crippen LogP contribution is 2.38. The van der Waals surface area contributed by atoms with Gasteiger partial charge in [-0.3, -0.25) is 4.52 Å². The Morgan fingerprint density at radius 1 is 1.56 bits per heavy atom. The van der Waals surface area contributed by atoms with Crippen molar-refractivity contribution in [2.45, 2.75) is 31.3 Å². The van der Waals surface area contributed by atoms with Crippen LogP contribution in [-0.2, 0) is 18.6 Å². The molecule has 1 heterocycles. The number of rotatable bonds is 4. The van der Waals surface area contributed by atoms with Gasteiger partial charge in [0, 0.05) is 12.3 Å². The highest BCUT2D eigenvalue weighted by Gasteiger charge is 2.49. The molecule has 1 saturated heterocycles. The maximum absolute atomic E-state index is 10.8. The molecule has 1 rings (SSSR count). The van der Waals surface area contributed by atoms with E-state index in [1.54, 1.807) is 0 Å². The molecule has 0 aromatic carbocycles. The van der Waals surface area contributed by atoms with Crippen molar-refractivity contribution in [2.75, 3.05) is 6.61 Å². The molecule has 0 radical (unpaired) electrons. The van der Waals surface area contributed by atoms with Crippen LogP contribution in [0.1, 0.15) is 13.3 Å². The van der Waals surface area contributed by atoms with Gasteiger partial charge in [0.2, 0.25) is 0 Å². The maximum atomic E-state index is 10.8. The van der Waals surface area contributed by atoms with E-state index < -0.39 is 50.7 Å². The summed E-state index contributed by atoms with van der Waals surface area (Å²) in [6.45, 7) is 0.845. The second-order valence-corrected chi connectivity index (χ2v) is 5.40. The van der Waals surface area contributed by atoms with Gasteiger partial charge < -0.3 is 29.8 Å². The van der Waals surface area contributed by atoms with Crippen LogP contribution in [0.3, 0.4) is 0 Å². The normalized spacial score (nSPS) is 37.5. The molecule has 0 saturated carbocycles. The lowest BCUT2D eigenvalue weighted by Gasteiger charge is -2.40. The van der Waals surface area contributed by atoms with Gasteiger partial charge in [0.05, 0.1) is 18.8 Å². The lowest BCUT2D eigenvalue weighted by atomic mass is 9.89. The fraction of sp³-hybridized carbons (Fsp3) is 0.875. The summed E-state index contributed by atoms with van der Waals surface area (Å²) in [7, 11) is -4.73. The maximum Gasteiger partial charge on any atom is 0.469 e. The summed E-state index contributed by atoms with van der Waals surface area (Å²) in [5.41, 5.74) is 0. The Morgan fingerprint density at radius 3 is 2.56 bits per heavy atom. The van der Waals surface area contributed by atoms with Crippen molar-refractivity contribution in [3.05, 3.63) is 0 Å². The summed E-state index contributed by atoms with van der Waals surface area (Å²) < 4.78 is 19.6. The van der Waals surface area contributed by atoms with Crippen molar-refractivity contribution in [1.29, 1.82) is 0 Å². The molecule has 0 amide bonds. The van der Waals surface area contributed by atoms with Crippen molar-refractivity contribution in [1.82, 2.24) is 0 Å². The van der Waals surface area contributed by atoms with Gasteiger partial charge in [0.15, 0.2) is 0 Å². The summed E-state index contributed by atoms with van der Waals surface area (Å²) in [6.07, 6.45) is -2.87. The third-order valence-electron chi connectivity index (χ3n) is 2.77. The van der Waals surface area contributed by atoms with E-state index in [1.807, 2.05) is 0 Å². The Balaban J connectivity index is 2.76. The smallest absolute Gasteiger partial charge is 0.469 e. The van der Waals surface area contributed by atoms with Gasteiger partial charge in [-0.15, -0.1) is 0 Å². The first-order chi connectivity index (χ1) is 8.05. The second-order valence-electron chi connectivity index (χ2n) is 4.16. The fourth-order valence-corrected chi connectivity index (χ4v) is 1.96. The molecule has 106 valence electrons. The molecule has 1 aliphatic heterocycles. The Morgan fingerprint density at radius 2 is 2.11 bits per heavy atom. The number of ether oxygens (including phenoxy) is 1. The van der Waals surface area contributed by atoms with E-state index in [1.165, 1.54) is 6.92 Å². The molecular formula is C8H15O9P. The highest BCUT2D eigenvalue weighted by atomic mass is 31.2. The van der Waals surface area contributed by atoms with Crippen molar-refractivity contribution in [2.24, 2.45) is 5.92 Å². The molecule has 10 heteroatoms. The molecule has 4 atom stereocenters. The van der Waals surface area contributed by atoms with Crippen LogP contribution in [0.25, 0.3) is 0 Å². The Labute approximate surface area is 102 Å². The van der Waals surface area contributed by atoms with Gasteiger partial charge in [-0.1, -0.05) is 6.92 Å². The van der Waals surface area contributed by atoms with E-state index in [9.17, 15) is 19.6 Å². The van der Waals surface area contributed by atoms with E-state index in [-0.39, 0.29) is 0 Å². The minimum absolute atomic E-state index is 0.532. The second kappa shape index (κ2) is 5.22. The number of carboxylic acid groups (broad SMARTS) is 1. The van der Waals surface area contributed by atoms with Crippen LogP contribution < -0.4 is 0 Å². The van der Waals surface area contributed by atoms with Crippen LogP contribution in [-0.4, -0.2) is 55.7 Å². The van der Waals surface area contributed by atoms with Crippen LogP contribution in [0.5, 0.6) is 0 Å². The van der Waals surface area contributed by atoms with Gasteiger partial charge in [-0.2, -0.15) is 0 Å². The van der Waals surface area contributed by atoms with Crippen molar-refractivity contribution < 1.29 is 43.7 Å². The van der Waals surface area contributed by atoms with Crippen LogP contribution in [0.4, 0.5) is 0 Å². The van der Waals surface area contributed by atoms with E-state index in [0.717, 1.165) is 0 Å². The molecule has 0 aromatic rings. The number of aliphatic hydroxyl groups excluding tert-OH is 1.